The Labute approximate surface area is 187 Å². The standard InChI is InChI=1S/C27H28N2O3/c1-19-24-11-7-8-12-25(24)26(31)29(28-19)17-22(30)18-32-23-15-13-21(14-16-23)27(2,3)20-9-5-4-6-10-20/h4-16,22,30H,17-18H2,1-3H3. The Bertz CT molecular complexity index is 1260. The zero-order valence-corrected chi connectivity index (χ0v) is 18.7. The van der Waals surface area contributed by atoms with Gasteiger partial charge in [0.2, 0.25) is 0 Å². The molecule has 0 aliphatic carbocycles. The highest BCUT2D eigenvalue weighted by Gasteiger charge is 2.22. The second-order valence-corrected chi connectivity index (χ2v) is 8.60. The van der Waals surface area contributed by atoms with E-state index >= 15 is 0 Å². The molecule has 1 aromatic heterocycles. The van der Waals surface area contributed by atoms with Gasteiger partial charge in [-0.3, -0.25) is 4.79 Å². The van der Waals surface area contributed by atoms with Crippen LogP contribution in [-0.2, 0) is 12.0 Å². The zero-order chi connectivity index (χ0) is 22.7. The first-order valence-electron chi connectivity index (χ1n) is 10.8. The second kappa shape index (κ2) is 8.97. The molecule has 0 radical (unpaired) electrons. The average molecular weight is 429 g/mol. The van der Waals surface area contributed by atoms with Crippen LogP contribution in [0.4, 0.5) is 0 Å². The third-order valence-corrected chi connectivity index (χ3v) is 5.95. The smallest absolute Gasteiger partial charge is 0.274 e. The van der Waals surface area contributed by atoms with Gasteiger partial charge in [-0.25, -0.2) is 4.68 Å². The molecule has 0 fully saturated rings. The summed E-state index contributed by atoms with van der Waals surface area (Å²) in [5, 5.41) is 16.2. The van der Waals surface area contributed by atoms with E-state index in [0.717, 1.165) is 11.1 Å². The van der Waals surface area contributed by atoms with Crippen molar-refractivity contribution in [3.63, 3.8) is 0 Å². The van der Waals surface area contributed by atoms with Crippen LogP contribution < -0.4 is 10.3 Å². The molecule has 32 heavy (non-hydrogen) atoms. The molecule has 164 valence electrons. The summed E-state index contributed by atoms with van der Waals surface area (Å²) < 4.78 is 7.09. The van der Waals surface area contributed by atoms with Crippen molar-refractivity contribution in [2.45, 2.75) is 38.8 Å². The molecule has 1 N–H and O–H groups in total. The van der Waals surface area contributed by atoms with E-state index in [1.54, 1.807) is 6.07 Å². The number of aromatic nitrogens is 2. The molecule has 5 nitrogen and oxygen atoms in total. The number of hydrogen-bond acceptors (Lipinski definition) is 4. The first kappa shape index (κ1) is 21.8. The predicted octanol–water partition coefficient (Wildman–Crippen LogP) is 4.47. The van der Waals surface area contributed by atoms with E-state index in [1.165, 1.54) is 15.8 Å². The van der Waals surface area contributed by atoms with Crippen LogP contribution in [0.1, 0.15) is 30.7 Å². The fraction of sp³-hybridized carbons (Fsp3) is 0.259. The first-order valence-corrected chi connectivity index (χ1v) is 10.8. The summed E-state index contributed by atoms with van der Waals surface area (Å²) in [6.45, 7) is 6.39. The van der Waals surface area contributed by atoms with Gasteiger partial charge in [-0.15, -0.1) is 0 Å². The summed E-state index contributed by atoms with van der Waals surface area (Å²) >= 11 is 0. The van der Waals surface area contributed by atoms with Crippen LogP contribution in [0.15, 0.2) is 83.7 Å². The lowest BCUT2D eigenvalue weighted by molar-refractivity contribution is 0.0880. The van der Waals surface area contributed by atoms with E-state index in [0.29, 0.717) is 11.1 Å². The highest BCUT2D eigenvalue weighted by molar-refractivity contribution is 5.83. The largest absolute Gasteiger partial charge is 0.491 e. The van der Waals surface area contributed by atoms with Gasteiger partial charge < -0.3 is 9.84 Å². The lowest BCUT2D eigenvalue weighted by Gasteiger charge is -2.26. The Morgan fingerprint density at radius 3 is 2.19 bits per heavy atom. The second-order valence-electron chi connectivity index (χ2n) is 8.60. The number of benzene rings is 3. The van der Waals surface area contributed by atoms with Gasteiger partial charge in [-0.2, -0.15) is 5.10 Å². The van der Waals surface area contributed by atoms with Gasteiger partial charge in [0.15, 0.2) is 0 Å². The lowest BCUT2D eigenvalue weighted by Crippen LogP contribution is -2.32. The summed E-state index contributed by atoms with van der Waals surface area (Å²) in [4.78, 5) is 12.7. The Morgan fingerprint density at radius 2 is 1.50 bits per heavy atom. The molecule has 1 unspecified atom stereocenters. The number of aliphatic hydroxyl groups is 1. The van der Waals surface area contributed by atoms with Crippen molar-refractivity contribution in [1.82, 2.24) is 9.78 Å². The first-order chi connectivity index (χ1) is 15.4. The van der Waals surface area contributed by atoms with Gasteiger partial charge in [0, 0.05) is 10.8 Å². The molecule has 4 aromatic rings. The minimum Gasteiger partial charge on any atom is -0.491 e. The van der Waals surface area contributed by atoms with Crippen molar-refractivity contribution in [2.75, 3.05) is 6.61 Å². The molecule has 1 heterocycles. The van der Waals surface area contributed by atoms with Gasteiger partial charge in [-0.05, 0) is 36.2 Å². The maximum Gasteiger partial charge on any atom is 0.274 e. The topological polar surface area (TPSA) is 64.3 Å². The van der Waals surface area contributed by atoms with E-state index < -0.39 is 6.10 Å². The average Bonchev–Trinajstić information content (AvgIpc) is 2.82. The molecule has 0 saturated carbocycles. The number of nitrogens with zero attached hydrogens (tertiary/aromatic N) is 2. The number of fused-ring (bicyclic) bond motifs is 1. The van der Waals surface area contributed by atoms with Gasteiger partial charge >= 0.3 is 0 Å². The molecule has 0 spiro atoms. The Kier molecular flexibility index (Phi) is 6.10. The van der Waals surface area contributed by atoms with E-state index in [-0.39, 0.29) is 24.1 Å². The molecular weight excluding hydrogens is 400 g/mol. The van der Waals surface area contributed by atoms with E-state index in [4.69, 9.17) is 4.74 Å². The molecule has 0 amide bonds. The SMILES string of the molecule is Cc1nn(CC(O)COc2ccc(C(C)(C)c3ccccc3)cc2)c(=O)c2ccccc12. The predicted molar refractivity (Wildman–Crippen MR) is 127 cm³/mol. The molecule has 5 heteroatoms. The molecule has 4 rings (SSSR count). The quantitative estimate of drug-likeness (QED) is 0.472. The van der Waals surface area contributed by atoms with E-state index in [9.17, 15) is 9.90 Å². The lowest BCUT2D eigenvalue weighted by atomic mass is 9.78. The monoisotopic (exact) mass is 428 g/mol. The van der Waals surface area contributed by atoms with E-state index in [2.05, 4.69) is 31.1 Å². The molecule has 0 bridgehead atoms. The summed E-state index contributed by atoms with van der Waals surface area (Å²) in [7, 11) is 0. The van der Waals surface area contributed by atoms with Crippen LogP contribution in [0, 0.1) is 6.92 Å². The van der Waals surface area contributed by atoms with Crippen LogP contribution in [-0.4, -0.2) is 27.6 Å². The summed E-state index contributed by atoms with van der Waals surface area (Å²) in [5.41, 5.74) is 2.84. The van der Waals surface area contributed by atoms with Crippen LogP contribution in [0.5, 0.6) is 5.75 Å². The number of ether oxygens (including phenoxy) is 1. The third-order valence-electron chi connectivity index (χ3n) is 5.95. The summed E-state index contributed by atoms with van der Waals surface area (Å²) in [6, 6.07) is 25.7. The van der Waals surface area contributed by atoms with Crippen molar-refractivity contribution in [2.24, 2.45) is 0 Å². The highest BCUT2D eigenvalue weighted by Crippen LogP contribution is 2.32. The van der Waals surface area contributed by atoms with Crippen LogP contribution in [0.25, 0.3) is 10.8 Å². The van der Waals surface area contributed by atoms with Crippen molar-refractivity contribution in [1.29, 1.82) is 0 Å². The fourth-order valence-electron chi connectivity index (χ4n) is 3.96. The van der Waals surface area contributed by atoms with Gasteiger partial charge in [-0.1, -0.05) is 74.5 Å². The Balaban J connectivity index is 1.42. The molecule has 3 aromatic carbocycles. The molecule has 0 aliphatic rings. The number of hydrogen-bond donors (Lipinski definition) is 1. The molecular formula is C27H28N2O3. The van der Waals surface area contributed by atoms with Crippen molar-refractivity contribution in [3.8, 4) is 5.75 Å². The normalized spacial score (nSPS) is 12.6. The number of aliphatic hydroxyl groups excluding tert-OH is 1. The molecule has 1 atom stereocenters. The fourth-order valence-corrected chi connectivity index (χ4v) is 3.96. The van der Waals surface area contributed by atoms with Gasteiger partial charge in [0.05, 0.1) is 17.6 Å². The Hall–Kier alpha value is -3.44. The minimum absolute atomic E-state index is 0.0709. The highest BCUT2D eigenvalue weighted by atomic mass is 16.5. The molecule has 0 saturated heterocycles. The van der Waals surface area contributed by atoms with E-state index in [1.807, 2.05) is 67.6 Å². The van der Waals surface area contributed by atoms with Gasteiger partial charge in [0.1, 0.15) is 18.5 Å². The summed E-state index contributed by atoms with van der Waals surface area (Å²) in [5.74, 6) is 0.673. The van der Waals surface area contributed by atoms with Crippen LogP contribution in [0.2, 0.25) is 0 Å². The maximum atomic E-state index is 12.7. The zero-order valence-electron chi connectivity index (χ0n) is 18.7. The molecule has 0 aliphatic heterocycles. The maximum absolute atomic E-state index is 12.7. The summed E-state index contributed by atoms with van der Waals surface area (Å²) in [6.07, 6.45) is -0.860. The van der Waals surface area contributed by atoms with Crippen molar-refractivity contribution >= 4 is 10.8 Å². The number of aryl methyl sites for hydroxylation is 1. The van der Waals surface area contributed by atoms with Crippen LogP contribution >= 0.6 is 0 Å². The van der Waals surface area contributed by atoms with Crippen molar-refractivity contribution < 1.29 is 9.84 Å². The van der Waals surface area contributed by atoms with Gasteiger partial charge in [0.25, 0.3) is 5.56 Å². The Morgan fingerprint density at radius 1 is 0.906 bits per heavy atom. The minimum atomic E-state index is -0.860. The van der Waals surface area contributed by atoms with Crippen molar-refractivity contribution in [3.05, 3.63) is 106 Å². The third kappa shape index (κ3) is 4.43. The van der Waals surface area contributed by atoms with Crippen LogP contribution in [0.3, 0.4) is 0 Å². The number of rotatable bonds is 7.